The van der Waals surface area contributed by atoms with E-state index >= 15 is 0 Å². The summed E-state index contributed by atoms with van der Waals surface area (Å²) in [5, 5.41) is 0.227. The Labute approximate surface area is 164 Å². The fraction of sp³-hybridized carbons (Fsp3) is 0.188. The summed E-state index contributed by atoms with van der Waals surface area (Å²) < 4.78 is 32.8. The van der Waals surface area contributed by atoms with Gasteiger partial charge in [0, 0.05) is 9.50 Å². The Morgan fingerprint density at radius 1 is 1.16 bits per heavy atom. The van der Waals surface area contributed by atoms with Gasteiger partial charge in [0.1, 0.15) is 11.4 Å². The van der Waals surface area contributed by atoms with Gasteiger partial charge in [0.25, 0.3) is 10.0 Å². The average molecular weight is 467 g/mol. The molecule has 0 atom stereocenters. The summed E-state index contributed by atoms with van der Waals surface area (Å²) in [6.45, 7) is 1.30. The van der Waals surface area contributed by atoms with Crippen molar-refractivity contribution in [2.45, 2.75) is 11.8 Å². The monoisotopic (exact) mass is 465 g/mol. The van der Waals surface area contributed by atoms with Gasteiger partial charge in [-0.1, -0.05) is 39.1 Å². The number of carbonyl (C=O) groups excluding carboxylic acids is 1. The quantitative estimate of drug-likeness (QED) is 0.587. The van der Waals surface area contributed by atoms with Gasteiger partial charge in [0.15, 0.2) is 0 Å². The van der Waals surface area contributed by atoms with Crippen LogP contribution in [0.3, 0.4) is 0 Å². The van der Waals surface area contributed by atoms with Crippen molar-refractivity contribution in [3.05, 3.63) is 57.0 Å². The maximum Gasteiger partial charge on any atom is 0.326 e. The van der Waals surface area contributed by atoms with E-state index in [-0.39, 0.29) is 21.5 Å². The first-order chi connectivity index (χ1) is 11.8. The fourth-order valence-electron chi connectivity index (χ4n) is 2.04. The highest BCUT2D eigenvalue weighted by Gasteiger charge is 2.29. The summed E-state index contributed by atoms with van der Waals surface area (Å²) in [6.07, 6.45) is 0. The first-order valence-electron chi connectivity index (χ1n) is 7.14. The third kappa shape index (κ3) is 4.88. The Hall–Kier alpha value is -1.28. The maximum atomic E-state index is 13.1. The minimum atomic E-state index is -4.13. The van der Waals surface area contributed by atoms with Gasteiger partial charge in [-0.15, -0.1) is 0 Å². The van der Waals surface area contributed by atoms with Crippen molar-refractivity contribution in [3.63, 3.8) is 0 Å². The van der Waals surface area contributed by atoms with E-state index in [1.165, 1.54) is 18.2 Å². The Bertz CT molecular complexity index is 872. The third-order valence-corrected chi connectivity index (χ3v) is 6.17. The van der Waals surface area contributed by atoms with Crippen LogP contribution in [0.5, 0.6) is 0 Å². The highest BCUT2D eigenvalue weighted by Crippen LogP contribution is 2.31. The second-order valence-electron chi connectivity index (χ2n) is 4.87. The molecule has 0 heterocycles. The molecule has 5 nitrogen and oxygen atoms in total. The number of halogens is 3. The van der Waals surface area contributed by atoms with Crippen molar-refractivity contribution in [2.75, 3.05) is 17.5 Å². The van der Waals surface area contributed by atoms with Crippen molar-refractivity contribution in [1.29, 1.82) is 0 Å². The smallest absolute Gasteiger partial charge is 0.326 e. The van der Waals surface area contributed by atoms with Crippen LogP contribution in [0.2, 0.25) is 10.0 Å². The second kappa shape index (κ2) is 8.40. The van der Waals surface area contributed by atoms with Gasteiger partial charge in [-0.05, 0) is 49.4 Å². The van der Waals surface area contributed by atoms with Gasteiger partial charge in [0.2, 0.25) is 0 Å². The molecule has 2 rings (SSSR count). The van der Waals surface area contributed by atoms with E-state index in [1.807, 2.05) is 0 Å². The SMILES string of the molecule is CCOC(=O)CN(c1ccc(Br)cc1)S(=O)(=O)c1cc(Cl)ccc1Cl. The van der Waals surface area contributed by atoms with Crippen LogP contribution >= 0.6 is 39.1 Å². The van der Waals surface area contributed by atoms with Crippen LogP contribution in [0.25, 0.3) is 0 Å². The van der Waals surface area contributed by atoms with Crippen LogP contribution < -0.4 is 4.31 Å². The number of carbonyl (C=O) groups is 1. The van der Waals surface area contributed by atoms with E-state index < -0.39 is 22.5 Å². The lowest BCUT2D eigenvalue weighted by Crippen LogP contribution is -2.36. The summed E-state index contributed by atoms with van der Waals surface area (Å²) in [5.41, 5.74) is 0.298. The van der Waals surface area contributed by atoms with Gasteiger partial charge in [-0.2, -0.15) is 0 Å². The van der Waals surface area contributed by atoms with Crippen molar-refractivity contribution >= 4 is 60.8 Å². The van der Waals surface area contributed by atoms with Crippen LogP contribution in [0.15, 0.2) is 51.8 Å². The Morgan fingerprint density at radius 2 is 1.80 bits per heavy atom. The normalized spacial score (nSPS) is 11.2. The first-order valence-corrected chi connectivity index (χ1v) is 10.1. The zero-order valence-corrected chi connectivity index (χ0v) is 17.0. The van der Waals surface area contributed by atoms with Crippen LogP contribution in [-0.4, -0.2) is 27.5 Å². The van der Waals surface area contributed by atoms with Crippen LogP contribution in [0, 0.1) is 0 Å². The molecule has 0 saturated carbocycles. The number of hydrogen-bond donors (Lipinski definition) is 0. The number of esters is 1. The Morgan fingerprint density at radius 3 is 2.40 bits per heavy atom. The van der Waals surface area contributed by atoms with Gasteiger partial charge in [-0.25, -0.2) is 8.42 Å². The third-order valence-electron chi connectivity index (χ3n) is 3.15. The zero-order chi connectivity index (χ0) is 18.6. The van der Waals surface area contributed by atoms with Gasteiger partial charge in [0.05, 0.1) is 17.3 Å². The summed E-state index contributed by atoms with van der Waals surface area (Å²) >= 11 is 15.2. The van der Waals surface area contributed by atoms with E-state index in [0.717, 1.165) is 8.78 Å². The molecule has 0 fully saturated rings. The minimum Gasteiger partial charge on any atom is -0.465 e. The molecular formula is C16H14BrCl2NO4S. The molecule has 0 aromatic heterocycles. The standard InChI is InChI=1S/C16H14BrCl2NO4S/c1-2-24-16(21)10-20(13-6-3-11(17)4-7-13)25(22,23)15-9-12(18)5-8-14(15)19/h3-9H,2,10H2,1H3. The molecule has 0 spiro atoms. The molecule has 2 aromatic rings. The number of nitrogens with zero attached hydrogens (tertiary/aromatic N) is 1. The maximum absolute atomic E-state index is 13.1. The van der Waals surface area contributed by atoms with E-state index in [9.17, 15) is 13.2 Å². The van der Waals surface area contributed by atoms with Crippen molar-refractivity contribution in [1.82, 2.24) is 0 Å². The molecular weight excluding hydrogens is 453 g/mol. The number of hydrogen-bond acceptors (Lipinski definition) is 4. The zero-order valence-electron chi connectivity index (χ0n) is 13.1. The van der Waals surface area contributed by atoms with E-state index in [1.54, 1.807) is 31.2 Å². The largest absolute Gasteiger partial charge is 0.465 e. The van der Waals surface area contributed by atoms with Crippen molar-refractivity contribution in [2.24, 2.45) is 0 Å². The molecule has 0 radical (unpaired) electrons. The molecule has 134 valence electrons. The first kappa shape index (κ1) is 20.0. The van der Waals surface area contributed by atoms with Crippen LogP contribution in [0.4, 0.5) is 5.69 Å². The highest BCUT2D eigenvalue weighted by atomic mass is 79.9. The van der Waals surface area contributed by atoms with Crippen molar-refractivity contribution < 1.29 is 17.9 Å². The molecule has 2 aromatic carbocycles. The van der Waals surface area contributed by atoms with Crippen LogP contribution in [-0.2, 0) is 19.6 Å². The number of anilines is 1. The van der Waals surface area contributed by atoms with E-state index in [0.29, 0.717) is 5.69 Å². The molecule has 0 unspecified atom stereocenters. The number of sulfonamides is 1. The molecule has 0 aliphatic rings. The molecule has 0 amide bonds. The molecule has 25 heavy (non-hydrogen) atoms. The fourth-order valence-corrected chi connectivity index (χ4v) is 4.45. The second-order valence-corrected chi connectivity index (χ2v) is 8.46. The number of ether oxygens (including phenoxy) is 1. The minimum absolute atomic E-state index is 0.00960. The lowest BCUT2D eigenvalue weighted by molar-refractivity contribution is -0.141. The topological polar surface area (TPSA) is 63.7 Å². The Kier molecular flexibility index (Phi) is 6.73. The van der Waals surface area contributed by atoms with Gasteiger partial charge >= 0.3 is 5.97 Å². The highest BCUT2D eigenvalue weighted by molar-refractivity contribution is 9.10. The lowest BCUT2D eigenvalue weighted by atomic mass is 10.3. The number of benzene rings is 2. The predicted molar refractivity (Wildman–Crippen MR) is 102 cm³/mol. The predicted octanol–water partition coefficient (Wildman–Crippen LogP) is 4.51. The molecule has 0 aliphatic heterocycles. The molecule has 0 saturated heterocycles. The van der Waals surface area contributed by atoms with Gasteiger partial charge in [-0.3, -0.25) is 9.10 Å². The summed E-state index contributed by atoms with van der Waals surface area (Å²) in [5.74, 6) is -0.674. The molecule has 9 heteroatoms. The van der Waals surface area contributed by atoms with E-state index in [4.69, 9.17) is 27.9 Å². The molecule has 0 aliphatic carbocycles. The summed E-state index contributed by atoms with van der Waals surface area (Å²) in [6, 6.07) is 10.6. The number of rotatable bonds is 6. The summed E-state index contributed by atoms with van der Waals surface area (Å²) in [4.78, 5) is 11.7. The van der Waals surface area contributed by atoms with E-state index in [2.05, 4.69) is 15.9 Å². The average Bonchev–Trinajstić information content (AvgIpc) is 2.56. The Balaban J connectivity index is 2.54. The molecule has 0 bridgehead atoms. The summed E-state index contributed by atoms with van der Waals surface area (Å²) in [7, 11) is -4.13. The van der Waals surface area contributed by atoms with Gasteiger partial charge < -0.3 is 4.74 Å². The molecule has 0 N–H and O–H groups in total. The van der Waals surface area contributed by atoms with Crippen LogP contribution in [0.1, 0.15) is 6.92 Å². The van der Waals surface area contributed by atoms with Crippen molar-refractivity contribution in [3.8, 4) is 0 Å². The lowest BCUT2D eigenvalue weighted by Gasteiger charge is -2.24.